The molecule has 19 heavy (non-hydrogen) atoms. The summed E-state index contributed by atoms with van der Waals surface area (Å²) in [5.74, 6) is 1.36. The average Bonchev–Trinajstić information content (AvgIpc) is 2.76. The Hall–Kier alpha value is -1.66. The zero-order valence-corrected chi connectivity index (χ0v) is 11.9. The van der Waals surface area contributed by atoms with Crippen molar-refractivity contribution in [1.82, 2.24) is 0 Å². The van der Waals surface area contributed by atoms with Crippen molar-refractivity contribution in [1.29, 1.82) is 0 Å². The number of hydrogen-bond donors (Lipinski definition) is 1. The summed E-state index contributed by atoms with van der Waals surface area (Å²) in [4.78, 5) is 10.4. The molecular formula is C13H13BrN2O3. The SMILES string of the molecule is CC(N)Cc1ccc(-c2cc([N+](=O)[O-])ccc2Br)o1. The van der Waals surface area contributed by atoms with Crippen LogP contribution in [0.25, 0.3) is 11.3 Å². The molecule has 1 atom stereocenters. The quantitative estimate of drug-likeness (QED) is 0.689. The standard InChI is InChI=1S/C13H13BrN2O3/c1-8(15)6-10-3-5-13(19-10)11-7-9(16(17)18)2-4-12(11)14/h2-5,7-8H,6,15H2,1H3. The van der Waals surface area contributed by atoms with Gasteiger partial charge in [-0.3, -0.25) is 10.1 Å². The van der Waals surface area contributed by atoms with E-state index in [9.17, 15) is 10.1 Å². The first-order valence-corrected chi connectivity index (χ1v) is 6.55. The van der Waals surface area contributed by atoms with Gasteiger partial charge in [0.2, 0.25) is 0 Å². The van der Waals surface area contributed by atoms with Crippen molar-refractivity contribution in [2.75, 3.05) is 0 Å². The molecular weight excluding hydrogens is 312 g/mol. The molecule has 0 aliphatic carbocycles. The molecule has 2 rings (SSSR count). The Bertz CT molecular complexity index is 608. The van der Waals surface area contributed by atoms with Crippen LogP contribution in [0.15, 0.2) is 39.2 Å². The van der Waals surface area contributed by atoms with E-state index in [1.54, 1.807) is 12.1 Å². The van der Waals surface area contributed by atoms with Crippen LogP contribution in [-0.4, -0.2) is 11.0 Å². The first-order chi connectivity index (χ1) is 8.97. The highest BCUT2D eigenvalue weighted by molar-refractivity contribution is 9.10. The fourth-order valence-electron chi connectivity index (χ4n) is 1.77. The zero-order valence-electron chi connectivity index (χ0n) is 10.3. The van der Waals surface area contributed by atoms with Gasteiger partial charge in [0, 0.05) is 34.6 Å². The molecule has 0 spiro atoms. The van der Waals surface area contributed by atoms with E-state index in [0.29, 0.717) is 17.7 Å². The molecule has 1 unspecified atom stereocenters. The zero-order chi connectivity index (χ0) is 14.0. The Morgan fingerprint density at radius 2 is 2.16 bits per heavy atom. The Kier molecular flexibility index (Phi) is 4.01. The third kappa shape index (κ3) is 3.21. The van der Waals surface area contributed by atoms with Gasteiger partial charge >= 0.3 is 0 Å². The molecule has 0 radical (unpaired) electrons. The Morgan fingerprint density at radius 3 is 2.79 bits per heavy atom. The second-order valence-electron chi connectivity index (χ2n) is 4.37. The Labute approximate surface area is 118 Å². The molecule has 1 aromatic heterocycles. The average molecular weight is 325 g/mol. The largest absolute Gasteiger partial charge is 0.461 e. The molecule has 0 aliphatic rings. The van der Waals surface area contributed by atoms with Crippen LogP contribution in [-0.2, 0) is 6.42 Å². The third-order valence-corrected chi connectivity index (χ3v) is 3.30. The van der Waals surface area contributed by atoms with Crippen LogP contribution in [0.4, 0.5) is 5.69 Å². The minimum atomic E-state index is -0.429. The van der Waals surface area contributed by atoms with E-state index in [-0.39, 0.29) is 11.7 Å². The molecule has 0 aliphatic heterocycles. The molecule has 0 bridgehead atoms. The van der Waals surface area contributed by atoms with Crippen LogP contribution >= 0.6 is 15.9 Å². The van der Waals surface area contributed by atoms with Gasteiger partial charge in [-0.2, -0.15) is 0 Å². The smallest absolute Gasteiger partial charge is 0.270 e. The second kappa shape index (κ2) is 5.54. The summed E-state index contributed by atoms with van der Waals surface area (Å²) in [6, 6.07) is 8.21. The number of nitro benzene ring substituents is 1. The fourth-order valence-corrected chi connectivity index (χ4v) is 2.21. The summed E-state index contributed by atoms with van der Waals surface area (Å²) >= 11 is 3.37. The highest BCUT2D eigenvalue weighted by atomic mass is 79.9. The molecule has 6 heteroatoms. The monoisotopic (exact) mass is 324 g/mol. The van der Waals surface area contributed by atoms with Gasteiger partial charge in [0.25, 0.3) is 5.69 Å². The highest BCUT2D eigenvalue weighted by Gasteiger charge is 2.14. The molecule has 100 valence electrons. The van der Waals surface area contributed by atoms with Crippen LogP contribution in [0.2, 0.25) is 0 Å². The maximum absolute atomic E-state index is 10.8. The van der Waals surface area contributed by atoms with E-state index in [1.165, 1.54) is 12.1 Å². The fraction of sp³-hybridized carbons (Fsp3) is 0.231. The summed E-state index contributed by atoms with van der Waals surface area (Å²) < 4.78 is 6.41. The molecule has 0 saturated carbocycles. The molecule has 0 amide bonds. The summed E-state index contributed by atoms with van der Waals surface area (Å²) in [6.07, 6.45) is 0.631. The number of nitrogens with two attached hydrogens (primary N) is 1. The van der Waals surface area contributed by atoms with Crippen molar-refractivity contribution in [2.24, 2.45) is 5.73 Å². The van der Waals surface area contributed by atoms with Crippen molar-refractivity contribution >= 4 is 21.6 Å². The number of halogens is 1. The number of non-ortho nitro benzene ring substituents is 1. The Balaban J connectivity index is 2.38. The van der Waals surface area contributed by atoms with Gasteiger partial charge in [-0.15, -0.1) is 0 Å². The maximum Gasteiger partial charge on any atom is 0.270 e. The number of benzene rings is 1. The van der Waals surface area contributed by atoms with E-state index in [2.05, 4.69) is 15.9 Å². The summed E-state index contributed by atoms with van der Waals surface area (Å²) in [6.45, 7) is 1.89. The van der Waals surface area contributed by atoms with Gasteiger partial charge < -0.3 is 10.2 Å². The number of nitrogens with zero attached hydrogens (tertiary/aromatic N) is 1. The van der Waals surface area contributed by atoms with Gasteiger partial charge in [-0.1, -0.05) is 15.9 Å². The first-order valence-electron chi connectivity index (χ1n) is 5.76. The van der Waals surface area contributed by atoms with E-state index in [0.717, 1.165) is 10.2 Å². The van der Waals surface area contributed by atoms with E-state index >= 15 is 0 Å². The predicted octanol–water partition coefficient (Wildman–Crippen LogP) is 3.51. The maximum atomic E-state index is 10.8. The van der Waals surface area contributed by atoms with E-state index in [1.807, 2.05) is 13.0 Å². The lowest BCUT2D eigenvalue weighted by molar-refractivity contribution is -0.384. The van der Waals surface area contributed by atoms with Gasteiger partial charge in [0.15, 0.2) is 0 Å². The predicted molar refractivity (Wildman–Crippen MR) is 75.9 cm³/mol. The molecule has 2 N–H and O–H groups in total. The first kappa shape index (κ1) is 13.8. The molecule has 0 fully saturated rings. The summed E-state index contributed by atoms with van der Waals surface area (Å²) in [5.41, 5.74) is 6.40. The van der Waals surface area contributed by atoms with Gasteiger partial charge in [0.05, 0.1) is 4.92 Å². The lowest BCUT2D eigenvalue weighted by Crippen LogP contribution is -2.17. The molecule has 2 aromatic rings. The van der Waals surface area contributed by atoms with Crippen molar-refractivity contribution in [2.45, 2.75) is 19.4 Å². The van der Waals surface area contributed by atoms with E-state index in [4.69, 9.17) is 10.2 Å². The van der Waals surface area contributed by atoms with Crippen LogP contribution < -0.4 is 5.73 Å². The van der Waals surface area contributed by atoms with Crippen molar-refractivity contribution in [3.63, 3.8) is 0 Å². The molecule has 5 nitrogen and oxygen atoms in total. The summed E-state index contributed by atoms with van der Waals surface area (Å²) in [5, 5.41) is 10.8. The van der Waals surface area contributed by atoms with Crippen LogP contribution in [0, 0.1) is 10.1 Å². The van der Waals surface area contributed by atoms with Crippen molar-refractivity contribution < 1.29 is 9.34 Å². The summed E-state index contributed by atoms with van der Waals surface area (Å²) in [7, 11) is 0. The van der Waals surface area contributed by atoms with Crippen LogP contribution in [0.1, 0.15) is 12.7 Å². The third-order valence-electron chi connectivity index (χ3n) is 2.61. The van der Waals surface area contributed by atoms with E-state index < -0.39 is 4.92 Å². The second-order valence-corrected chi connectivity index (χ2v) is 5.22. The normalized spacial score (nSPS) is 12.4. The van der Waals surface area contributed by atoms with Gasteiger partial charge in [0.1, 0.15) is 11.5 Å². The van der Waals surface area contributed by atoms with Crippen molar-refractivity contribution in [3.05, 3.63) is 50.7 Å². The van der Waals surface area contributed by atoms with Gasteiger partial charge in [-0.05, 0) is 25.1 Å². The number of hydrogen-bond acceptors (Lipinski definition) is 4. The molecule has 1 aromatic carbocycles. The topological polar surface area (TPSA) is 82.3 Å². The number of rotatable bonds is 4. The Morgan fingerprint density at radius 1 is 1.42 bits per heavy atom. The van der Waals surface area contributed by atoms with Gasteiger partial charge in [-0.25, -0.2) is 0 Å². The number of furan rings is 1. The lowest BCUT2D eigenvalue weighted by Gasteiger charge is -2.03. The molecule has 0 saturated heterocycles. The highest BCUT2D eigenvalue weighted by Crippen LogP contribution is 2.32. The lowest BCUT2D eigenvalue weighted by atomic mass is 10.1. The van der Waals surface area contributed by atoms with Crippen molar-refractivity contribution in [3.8, 4) is 11.3 Å². The number of nitro groups is 1. The van der Waals surface area contributed by atoms with Crippen LogP contribution in [0.3, 0.4) is 0 Å². The minimum Gasteiger partial charge on any atom is -0.461 e. The molecule has 1 heterocycles. The van der Waals surface area contributed by atoms with Crippen LogP contribution in [0.5, 0.6) is 0 Å². The minimum absolute atomic E-state index is 0.00699.